The molecular formula is C10H18N6O4. The Morgan fingerprint density at radius 1 is 0.900 bits per heavy atom. The molecule has 2 N–H and O–H groups in total. The van der Waals surface area contributed by atoms with Crippen molar-refractivity contribution in [1.82, 2.24) is 15.1 Å². The number of carbonyl (C=O) groups excluding carboxylic acids is 2. The monoisotopic (exact) mass is 286 g/mol. The number of nitrogens with zero attached hydrogens (tertiary/aromatic N) is 5. The van der Waals surface area contributed by atoms with Crippen molar-refractivity contribution in [3.63, 3.8) is 0 Å². The molecule has 0 aromatic rings. The number of hydrogen-bond donors (Lipinski definition) is 1. The van der Waals surface area contributed by atoms with Crippen LogP contribution in [0, 0.1) is 0 Å². The summed E-state index contributed by atoms with van der Waals surface area (Å²) in [4.78, 5) is 22.7. The number of rotatable bonds is 2. The van der Waals surface area contributed by atoms with E-state index in [2.05, 4.69) is 10.2 Å². The summed E-state index contributed by atoms with van der Waals surface area (Å²) >= 11 is 0. The standard InChI is InChI=1S/C10H18N6O4/c11-9(17)12-13-10(18)16(14-1-5-19-6-2-14)15-3-7-20-8-4-15/h1-8H2,(H2,11,17). The zero-order chi connectivity index (χ0) is 14.4. The maximum Gasteiger partial charge on any atom is 0.392 e. The second-order valence-electron chi connectivity index (χ2n) is 4.24. The summed E-state index contributed by atoms with van der Waals surface area (Å²) in [7, 11) is 0. The van der Waals surface area contributed by atoms with Gasteiger partial charge in [0.05, 0.1) is 26.4 Å². The fourth-order valence-corrected chi connectivity index (χ4v) is 2.04. The third-order valence-electron chi connectivity index (χ3n) is 2.92. The van der Waals surface area contributed by atoms with Crippen LogP contribution in [0.1, 0.15) is 0 Å². The number of azo groups is 1. The van der Waals surface area contributed by atoms with Gasteiger partial charge in [-0.2, -0.15) is 15.1 Å². The molecular weight excluding hydrogens is 268 g/mol. The summed E-state index contributed by atoms with van der Waals surface area (Å²) in [5, 5.41) is 11.5. The van der Waals surface area contributed by atoms with Crippen LogP contribution in [-0.4, -0.2) is 79.8 Å². The molecule has 10 heteroatoms. The number of amides is 4. The molecule has 2 saturated heterocycles. The maximum atomic E-state index is 12.1. The van der Waals surface area contributed by atoms with Gasteiger partial charge in [0.2, 0.25) is 0 Å². The number of hydrogen-bond acceptors (Lipinski definition) is 6. The quantitative estimate of drug-likeness (QED) is 0.680. The van der Waals surface area contributed by atoms with Crippen LogP contribution < -0.4 is 5.73 Å². The topological polar surface area (TPSA) is 113 Å². The molecule has 0 aromatic carbocycles. The van der Waals surface area contributed by atoms with Crippen molar-refractivity contribution in [1.29, 1.82) is 0 Å². The second-order valence-corrected chi connectivity index (χ2v) is 4.24. The number of ether oxygens (including phenoxy) is 2. The SMILES string of the molecule is NC(=O)N=NC(=O)N(N1CCOCC1)N1CCOCC1. The van der Waals surface area contributed by atoms with E-state index in [4.69, 9.17) is 15.2 Å². The van der Waals surface area contributed by atoms with E-state index < -0.39 is 12.1 Å². The number of hydrazine groups is 2. The minimum absolute atomic E-state index is 0.529. The predicted molar refractivity (Wildman–Crippen MR) is 66.5 cm³/mol. The molecule has 112 valence electrons. The van der Waals surface area contributed by atoms with Crippen LogP contribution in [0.4, 0.5) is 9.59 Å². The summed E-state index contributed by atoms with van der Waals surface area (Å²) in [5.74, 6) is 0. The van der Waals surface area contributed by atoms with Gasteiger partial charge in [-0.15, -0.1) is 0 Å². The molecule has 0 radical (unpaired) electrons. The van der Waals surface area contributed by atoms with E-state index in [1.54, 1.807) is 0 Å². The minimum Gasteiger partial charge on any atom is -0.379 e. The highest BCUT2D eigenvalue weighted by atomic mass is 16.5. The lowest BCUT2D eigenvalue weighted by molar-refractivity contribution is -0.189. The van der Waals surface area contributed by atoms with Gasteiger partial charge in [-0.3, -0.25) is 0 Å². The van der Waals surface area contributed by atoms with Gasteiger partial charge in [0.25, 0.3) is 0 Å². The minimum atomic E-state index is -0.998. The highest BCUT2D eigenvalue weighted by molar-refractivity contribution is 5.78. The van der Waals surface area contributed by atoms with Crippen molar-refractivity contribution in [2.75, 3.05) is 52.6 Å². The molecule has 0 bridgehead atoms. The molecule has 2 heterocycles. The Bertz CT molecular complexity index is 360. The number of urea groups is 2. The van der Waals surface area contributed by atoms with Crippen molar-refractivity contribution < 1.29 is 19.1 Å². The molecule has 0 atom stereocenters. The van der Waals surface area contributed by atoms with E-state index in [-0.39, 0.29) is 0 Å². The largest absolute Gasteiger partial charge is 0.392 e. The molecule has 0 aliphatic carbocycles. The van der Waals surface area contributed by atoms with Crippen LogP contribution in [0.5, 0.6) is 0 Å². The van der Waals surface area contributed by atoms with Crippen LogP contribution in [0.2, 0.25) is 0 Å². The molecule has 4 amide bonds. The van der Waals surface area contributed by atoms with Crippen LogP contribution in [0.25, 0.3) is 0 Å². The lowest BCUT2D eigenvalue weighted by Crippen LogP contribution is -2.60. The van der Waals surface area contributed by atoms with Gasteiger partial charge < -0.3 is 15.2 Å². The summed E-state index contributed by atoms with van der Waals surface area (Å²) in [6.45, 7) is 4.37. The van der Waals surface area contributed by atoms with Crippen molar-refractivity contribution in [2.45, 2.75) is 0 Å². The fourth-order valence-electron chi connectivity index (χ4n) is 2.04. The van der Waals surface area contributed by atoms with Crippen LogP contribution in [-0.2, 0) is 9.47 Å². The summed E-state index contributed by atoms with van der Waals surface area (Å²) in [6, 6.07) is -1.64. The van der Waals surface area contributed by atoms with Crippen LogP contribution in [0.3, 0.4) is 0 Å². The maximum absolute atomic E-state index is 12.1. The molecule has 2 aliphatic heterocycles. The van der Waals surface area contributed by atoms with Gasteiger partial charge >= 0.3 is 12.1 Å². The summed E-state index contributed by atoms with van der Waals surface area (Å²) in [6.07, 6.45) is 0. The van der Waals surface area contributed by atoms with Gasteiger partial charge in [0.1, 0.15) is 0 Å². The Morgan fingerprint density at radius 2 is 1.35 bits per heavy atom. The Morgan fingerprint density at radius 3 is 1.75 bits per heavy atom. The number of nitrogens with two attached hydrogens (primary N) is 1. The van der Waals surface area contributed by atoms with Crippen LogP contribution in [0.15, 0.2) is 10.2 Å². The van der Waals surface area contributed by atoms with E-state index in [0.717, 1.165) is 0 Å². The highest BCUT2D eigenvalue weighted by Gasteiger charge is 2.30. The van der Waals surface area contributed by atoms with Crippen molar-refractivity contribution >= 4 is 12.1 Å². The first-order chi connectivity index (χ1) is 9.68. The summed E-state index contributed by atoms with van der Waals surface area (Å²) in [5.41, 5.74) is 4.86. The van der Waals surface area contributed by atoms with Crippen LogP contribution >= 0.6 is 0 Å². The average molecular weight is 286 g/mol. The van der Waals surface area contributed by atoms with E-state index >= 15 is 0 Å². The Balaban J connectivity index is 2.09. The zero-order valence-corrected chi connectivity index (χ0v) is 11.1. The lowest BCUT2D eigenvalue weighted by atomic mass is 10.5. The van der Waals surface area contributed by atoms with E-state index in [1.165, 1.54) is 5.12 Å². The van der Waals surface area contributed by atoms with E-state index in [0.29, 0.717) is 52.6 Å². The highest BCUT2D eigenvalue weighted by Crippen LogP contribution is 2.12. The van der Waals surface area contributed by atoms with E-state index in [9.17, 15) is 9.59 Å². The lowest BCUT2D eigenvalue weighted by Gasteiger charge is -2.43. The van der Waals surface area contributed by atoms with Crippen molar-refractivity contribution in [2.24, 2.45) is 16.0 Å². The first-order valence-electron chi connectivity index (χ1n) is 6.39. The Labute approximate surface area is 116 Å². The molecule has 0 saturated carbocycles. The number of morpholine rings is 2. The zero-order valence-electron chi connectivity index (χ0n) is 11.1. The van der Waals surface area contributed by atoms with Gasteiger partial charge in [-0.05, 0) is 0 Å². The van der Waals surface area contributed by atoms with Gasteiger partial charge in [0.15, 0.2) is 0 Å². The molecule has 10 nitrogen and oxygen atoms in total. The van der Waals surface area contributed by atoms with Gasteiger partial charge in [-0.25, -0.2) is 9.59 Å². The molecule has 2 aliphatic rings. The smallest absolute Gasteiger partial charge is 0.379 e. The van der Waals surface area contributed by atoms with Gasteiger partial charge in [-0.1, -0.05) is 10.2 Å². The molecule has 20 heavy (non-hydrogen) atoms. The molecule has 2 rings (SSSR count). The molecule has 0 unspecified atom stereocenters. The van der Waals surface area contributed by atoms with Crippen molar-refractivity contribution in [3.05, 3.63) is 0 Å². The first kappa shape index (κ1) is 14.8. The van der Waals surface area contributed by atoms with Crippen molar-refractivity contribution in [3.8, 4) is 0 Å². The van der Waals surface area contributed by atoms with Gasteiger partial charge in [0, 0.05) is 26.2 Å². The number of carbonyl (C=O) groups is 2. The Hall–Kier alpha value is -1.62. The first-order valence-corrected chi connectivity index (χ1v) is 6.39. The average Bonchev–Trinajstić information content (AvgIpc) is 2.48. The normalized spacial score (nSPS) is 22.0. The number of primary amides is 1. The third kappa shape index (κ3) is 3.93. The second kappa shape index (κ2) is 7.24. The summed E-state index contributed by atoms with van der Waals surface area (Å²) < 4.78 is 10.5. The Kier molecular flexibility index (Phi) is 5.35. The third-order valence-corrected chi connectivity index (χ3v) is 2.92. The predicted octanol–water partition coefficient (Wildman–Crippen LogP) is -0.566. The van der Waals surface area contributed by atoms with E-state index in [1.807, 2.05) is 10.0 Å². The molecule has 2 fully saturated rings. The fraction of sp³-hybridized carbons (Fsp3) is 0.800. The molecule has 0 aromatic heterocycles. The molecule has 0 spiro atoms.